The van der Waals surface area contributed by atoms with Crippen LogP contribution in [0.15, 0.2) is 71.6 Å². The minimum absolute atomic E-state index is 0.256. The van der Waals surface area contributed by atoms with E-state index in [1.807, 2.05) is 44.4 Å². The lowest BCUT2D eigenvalue weighted by Crippen LogP contribution is -2.29. The van der Waals surface area contributed by atoms with Gasteiger partial charge in [0.25, 0.3) is 0 Å². The normalized spacial score (nSPS) is 13.1. The van der Waals surface area contributed by atoms with Gasteiger partial charge in [-0.15, -0.1) is 0 Å². The first-order valence-corrected chi connectivity index (χ1v) is 11.0. The van der Waals surface area contributed by atoms with E-state index in [0.717, 1.165) is 50.4 Å². The van der Waals surface area contributed by atoms with E-state index in [4.69, 9.17) is 14.6 Å². The molecule has 2 N–H and O–H groups in total. The minimum atomic E-state index is -0.942. The second-order valence-electron chi connectivity index (χ2n) is 8.75. The predicted molar refractivity (Wildman–Crippen MR) is 129 cm³/mol. The smallest absolute Gasteiger partial charge is 0.335 e. The quantitative estimate of drug-likeness (QED) is 0.354. The van der Waals surface area contributed by atoms with Crippen molar-refractivity contribution in [2.75, 3.05) is 0 Å². The van der Waals surface area contributed by atoms with Crippen molar-refractivity contribution < 1.29 is 14.4 Å². The maximum atomic E-state index is 11.2. The SMILES string of the molecule is Cc1noc(C)c1C(C)(Cc1cnc2c(-c3ccc(C(=O)O)cc3)c[nH]c2c1)c1ccccn1. The van der Waals surface area contributed by atoms with Crippen LogP contribution in [-0.2, 0) is 11.8 Å². The van der Waals surface area contributed by atoms with E-state index in [9.17, 15) is 4.79 Å². The molecule has 0 aliphatic rings. The number of carboxylic acids is 1. The highest BCUT2D eigenvalue weighted by atomic mass is 16.5. The molecule has 7 heteroatoms. The van der Waals surface area contributed by atoms with Crippen molar-refractivity contribution >= 4 is 17.0 Å². The second-order valence-corrected chi connectivity index (χ2v) is 8.75. The Morgan fingerprint density at radius 2 is 1.91 bits per heavy atom. The largest absolute Gasteiger partial charge is 0.478 e. The summed E-state index contributed by atoms with van der Waals surface area (Å²) in [7, 11) is 0. The van der Waals surface area contributed by atoms with Crippen LogP contribution in [0.25, 0.3) is 22.2 Å². The third-order valence-corrected chi connectivity index (χ3v) is 6.39. The summed E-state index contributed by atoms with van der Waals surface area (Å²) < 4.78 is 5.51. The molecular weight excluding hydrogens is 428 g/mol. The minimum Gasteiger partial charge on any atom is -0.478 e. The molecule has 0 fully saturated rings. The van der Waals surface area contributed by atoms with E-state index < -0.39 is 11.4 Å². The van der Waals surface area contributed by atoms with E-state index in [0.29, 0.717) is 6.42 Å². The van der Waals surface area contributed by atoms with Crippen LogP contribution in [0.4, 0.5) is 0 Å². The lowest BCUT2D eigenvalue weighted by Gasteiger charge is -2.29. The Morgan fingerprint density at radius 3 is 2.56 bits per heavy atom. The zero-order chi connectivity index (χ0) is 23.9. The number of fused-ring (bicyclic) bond motifs is 1. The molecule has 4 heterocycles. The first-order valence-electron chi connectivity index (χ1n) is 11.0. The van der Waals surface area contributed by atoms with Gasteiger partial charge >= 0.3 is 5.97 Å². The fraction of sp³-hybridized carbons (Fsp3) is 0.185. The average molecular weight is 453 g/mol. The first kappa shape index (κ1) is 21.6. The van der Waals surface area contributed by atoms with Crippen molar-refractivity contribution in [2.24, 2.45) is 0 Å². The van der Waals surface area contributed by atoms with Gasteiger partial charge in [-0.3, -0.25) is 9.97 Å². The summed E-state index contributed by atoms with van der Waals surface area (Å²) in [5, 5.41) is 13.3. The summed E-state index contributed by atoms with van der Waals surface area (Å²) in [6.07, 6.45) is 6.27. The molecule has 5 aromatic rings. The number of aryl methyl sites for hydroxylation is 2. The van der Waals surface area contributed by atoms with E-state index in [1.165, 1.54) is 0 Å². The monoisotopic (exact) mass is 452 g/mol. The topological polar surface area (TPSA) is 105 Å². The molecule has 0 saturated heterocycles. The second kappa shape index (κ2) is 8.26. The summed E-state index contributed by atoms with van der Waals surface area (Å²) in [6.45, 7) is 6.06. The summed E-state index contributed by atoms with van der Waals surface area (Å²) in [6, 6.07) is 14.9. The molecule has 0 aliphatic carbocycles. The van der Waals surface area contributed by atoms with E-state index in [2.05, 4.69) is 28.1 Å². The summed E-state index contributed by atoms with van der Waals surface area (Å²) in [5.74, 6) is -0.158. The maximum absolute atomic E-state index is 11.2. The molecule has 1 atom stereocenters. The van der Waals surface area contributed by atoms with Gasteiger partial charge in [-0.1, -0.05) is 23.4 Å². The predicted octanol–water partition coefficient (Wildman–Crippen LogP) is 5.48. The van der Waals surface area contributed by atoms with Crippen LogP contribution in [0.1, 0.15) is 45.6 Å². The highest BCUT2D eigenvalue weighted by Gasteiger charge is 2.36. The number of rotatable bonds is 6. The number of carboxylic acid groups (broad SMARTS) is 1. The fourth-order valence-corrected chi connectivity index (χ4v) is 4.84. The third-order valence-electron chi connectivity index (χ3n) is 6.39. The lowest BCUT2D eigenvalue weighted by atomic mass is 9.73. The molecule has 7 nitrogen and oxygen atoms in total. The molecule has 0 bridgehead atoms. The van der Waals surface area contributed by atoms with Gasteiger partial charge in [0.1, 0.15) is 5.76 Å². The number of carbonyl (C=O) groups is 1. The van der Waals surface area contributed by atoms with Gasteiger partial charge in [0.05, 0.1) is 28.0 Å². The molecular formula is C27H24N4O3. The zero-order valence-corrected chi connectivity index (χ0v) is 19.2. The van der Waals surface area contributed by atoms with Crippen LogP contribution in [0.3, 0.4) is 0 Å². The number of nitrogens with zero attached hydrogens (tertiary/aromatic N) is 3. The lowest BCUT2D eigenvalue weighted by molar-refractivity contribution is 0.0697. The van der Waals surface area contributed by atoms with Crippen LogP contribution >= 0.6 is 0 Å². The third kappa shape index (κ3) is 3.65. The average Bonchev–Trinajstić information content (AvgIpc) is 3.42. The first-order chi connectivity index (χ1) is 16.4. The van der Waals surface area contributed by atoms with Crippen molar-refractivity contribution in [1.29, 1.82) is 0 Å². The Bertz CT molecular complexity index is 1470. The number of hydrogen-bond donors (Lipinski definition) is 2. The molecule has 170 valence electrons. The van der Waals surface area contributed by atoms with Gasteiger partial charge in [0, 0.05) is 35.1 Å². The number of aromatic carboxylic acids is 1. The Morgan fingerprint density at radius 1 is 1.12 bits per heavy atom. The molecule has 34 heavy (non-hydrogen) atoms. The number of H-pyrrole nitrogens is 1. The van der Waals surface area contributed by atoms with E-state index in [-0.39, 0.29) is 5.56 Å². The Labute approximate surface area is 196 Å². The summed E-state index contributed by atoms with van der Waals surface area (Å²) >= 11 is 0. The molecule has 0 saturated carbocycles. The van der Waals surface area contributed by atoms with Crippen LogP contribution in [0.5, 0.6) is 0 Å². The molecule has 1 unspecified atom stereocenters. The molecule has 4 aromatic heterocycles. The van der Waals surface area contributed by atoms with Crippen LogP contribution in [-0.4, -0.2) is 31.2 Å². The number of hydrogen-bond acceptors (Lipinski definition) is 5. The number of aromatic nitrogens is 4. The summed E-state index contributed by atoms with van der Waals surface area (Å²) in [5.41, 5.74) is 7.27. The van der Waals surface area contributed by atoms with Gasteiger partial charge in [-0.2, -0.15) is 0 Å². The van der Waals surface area contributed by atoms with Crippen molar-refractivity contribution in [3.8, 4) is 11.1 Å². The van der Waals surface area contributed by atoms with Gasteiger partial charge in [0.15, 0.2) is 0 Å². The van der Waals surface area contributed by atoms with Crippen molar-refractivity contribution in [3.63, 3.8) is 0 Å². The standard InChI is InChI=1S/C27H24N4O3/c1-16-24(17(2)34-31-16)27(3,23-6-4-5-11-28-23)13-18-12-22-25(30-14-18)21(15-29-22)19-7-9-20(10-8-19)26(32)33/h4-12,14-15,29H,13H2,1-3H3,(H,32,33). The van der Waals surface area contributed by atoms with Gasteiger partial charge in [-0.25, -0.2) is 4.79 Å². The highest BCUT2D eigenvalue weighted by molar-refractivity contribution is 5.94. The Hall–Kier alpha value is -4.26. The number of pyridine rings is 2. The van der Waals surface area contributed by atoms with Crippen molar-refractivity contribution in [2.45, 2.75) is 32.6 Å². The number of aromatic amines is 1. The molecule has 1 aromatic carbocycles. The molecule has 0 radical (unpaired) electrons. The number of nitrogens with one attached hydrogen (secondary N) is 1. The molecule has 0 spiro atoms. The van der Waals surface area contributed by atoms with Gasteiger partial charge < -0.3 is 14.6 Å². The molecule has 0 amide bonds. The van der Waals surface area contributed by atoms with Crippen LogP contribution < -0.4 is 0 Å². The Balaban J connectivity index is 1.54. The van der Waals surface area contributed by atoms with Crippen molar-refractivity contribution in [1.82, 2.24) is 20.1 Å². The molecule has 5 rings (SSSR count). The van der Waals surface area contributed by atoms with E-state index >= 15 is 0 Å². The highest BCUT2D eigenvalue weighted by Crippen LogP contribution is 2.38. The van der Waals surface area contributed by atoms with Gasteiger partial charge in [0.2, 0.25) is 0 Å². The fourth-order valence-electron chi connectivity index (χ4n) is 4.84. The van der Waals surface area contributed by atoms with Crippen LogP contribution in [0, 0.1) is 13.8 Å². The number of benzene rings is 1. The van der Waals surface area contributed by atoms with Gasteiger partial charge in [-0.05, 0) is 68.7 Å². The maximum Gasteiger partial charge on any atom is 0.335 e. The molecule has 0 aliphatic heterocycles. The Kier molecular flexibility index (Phi) is 5.24. The van der Waals surface area contributed by atoms with Crippen molar-refractivity contribution in [3.05, 3.63) is 101 Å². The van der Waals surface area contributed by atoms with Crippen LogP contribution in [0.2, 0.25) is 0 Å². The zero-order valence-electron chi connectivity index (χ0n) is 19.2. The summed E-state index contributed by atoms with van der Waals surface area (Å²) in [4.78, 5) is 23.9. The van der Waals surface area contributed by atoms with E-state index in [1.54, 1.807) is 30.5 Å².